The number of hydrogen-bond donors (Lipinski definition) is 2. The fraction of sp³-hybridized carbons (Fsp3) is 0.600. The average Bonchev–Trinajstić information content (AvgIpc) is 2.41. The molecule has 0 aliphatic heterocycles. The van der Waals surface area contributed by atoms with Crippen molar-refractivity contribution in [2.24, 2.45) is 5.84 Å². The molecule has 108 valence electrons. The van der Waals surface area contributed by atoms with Crippen LogP contribution in [0.25, 0.3) is 0 Å². The molecule has 0 saturated carbocycles. The molecule has 0 fully saturated rings. The summed E-state index contributed by atoms with van der Waals surface area (Å²) in [5.41, 5.74) is 3.05. The van der Waals surface area contributed by atoms with Crippen LogP contribution in [0.2, 0.25) is 0 Å². The maximum absolute atomic E-state index is 14.0. The van der Waals surface area contributed by atoms with Crippen molar-refractivity contribution in [2.45, 2.75) is 58.4 Å². The Hall–Kier alpha value is -1.00. The number of benzene rings is 1. The number of hydrazine groups is 1. The quantitative estimate of drug-likeness (QED) is 0.423. The van der Waals surface area contributed by atoms with Gasteiger partial charge in [-0.2, -0.15) is 0 Å². The number of nitrogens with two attached hydrogens (primary N) is 1. The second-order valence-electron chi connectivity index (χ2n) is 5.01. The van der Waals surface area contributed by atoms with Crippen molar-refractivity contribution < 1.29 is 8.78 Å². The van der Waals surface area contributed by atoms with Gasteiger partial charge >= 0.3 is 0 Å². The van der Waals surface area contributed by atoms with Gasteiger partial charge in [0, 0.05) is 5.56 Å². The van der Waals surface area contributed by atoms with E-state index in [1.54, 1.807) is 6.92 Å². The molecule has 1 unspecified atom stereocenters. The smallest absolute Gasteiger partial charge is 0.133 e. The van der Waals surface area contributed by atoms with Crippen molar-refractivity contribution in [3.63, 3.8) is 0 Å². The van der Waals surface area contributed by atoms with Crippen LogP contribution in [0.1, 0.15) is 62.6 Å². The molecule has 0 amide bonds. The third-order valence-corrected chi connectivity index (χ3v) is 3.47. The van der Waals surface area contributed by atoms with Gasteiger partial charge in [-0.05, 0) is 25.0 Å². The van der Waals surface area contributed by atoms with Crippen LogP contribution >= 0.6 is 0 Å². The summed E-state index contributed by atoms with van der Waals surface area (Å²) in [6, 6.07) is 2.29. The zero-order valence-electron chi connectivity index (χ0n) is 11.8. The van der Waals surface area contributed by atoms with Gasteiger partial charge in [-0.3, -0.25) is 11.3 Å². The summed E-state index contributed by atoms with van der Waals surface area (Å²) in [5.74, 6) is 4.43. The second kappa shape index (κ2) is 8.23. The Labute approximate surface area is 114 Å². The molecule has 2 nitrogen and oxygen atoms in total. The molecule has 0 radical (unpaired) electrons. The summed E-state index contributed by atoms with van der Waals surface area (Å²) >= 11 is 0. The lowest BCUT2D eigenvalue weighted by atomic mass is 9.97. The molecule has 0 saturated heterocycles. The van der Waals surface area contributed by atoms with E-state index in [0.717, 1.165) is 19.3 Å². The van der Waals surface area contributed by atoms with Gasteiger partial charge in [0.2, 0.25) is 0 Å². The van der Waals surface area contributed by atoms with E-state index in [1.807, 2.05) is 0 Å². The minimum Gasteiger partial charge on any atom is -0.271 e. The largest absolute Gasteiger partial charge is 0.271 e. The van der Waals surface area contributed by atoms with Gasteiger partial charge < -0.3 is 0 Å². The van der Waals surface area contributed by atoms with Gasteiger partial charge in [0.15, 0.2) is 0 Å². The van der Waals surface area contributed by atoms with Gasteiger partial charge in [-0.1, -0.05) is 45.1 Å². The van der Waals surface area contributed by atoms with Crippen molar-refractivity contribution in [3.05, 3.63) is 34.9 Å². The van der Waals surface area contributed by atoms with Gasteiger partial charge in [-0.15, -0.1) is 0 Å². The molecule has 0 aromatic heterocycles. The van der Waals surface area contributed by atoms with E-state index in [0.29, 0.717) is 12.0 Å². The minimum atomic E-state index is -0.528. The van der Waals surface area contributed by atoms with Crippen LogP contribution in [0.15, 0.2) is 12.1 Å². The number of halogens is 2. The lowest BCUT2D eigenvalue weighted by Gasteiger charge is -2.18. The first-order valence-electron chi connectivity index (χ1n) is 7.02. The van der Waals surface area contributed by atoms with Gasteiger partial charge in [0.05, 0.1) is 6.04 Å². The number of aryl methyl sites for hydroxylation is 1. The van der Waals surface area contributed by atoms with E-state index in [1.165, 1.54) is 25.0 Å². The molecule has 4 heteroatoms. The van der Waals surface area contributed by atoms with Crippen LogP contribution in [0.5, 0.6) is 0 Å². The minimum absolute atomic E-state index is 0.0676. The highest BCUT2D eigenvalue weighted by atomic mass is 19.1. The number of hydrogen-bond acceptors (Lipinski definition) is 2. The van der Waals surface area contributed by atoms with E-state index in [9.17, 15) is 8.78 Å². The van der Waals surface area contributed by atoms with Crippen molar-refractivity contribution >= 4 is 0 Å². The molecular weight excluding hydrogens is 246 g/mol. The summed E-state index contributed by atoms with van der Waals surface area (Å²) in [4.78, 5) is 0. The van der Waals surface area contributed by atoms with E-state index in [4.69, 9.17) is 5.84 Å². The zero-order valence-corrected chi connectivity index (χ0v) is 11.8. The SMILES string of the molecule is CCCCCCCC(NN)c1c(F)ccc(C)c1F. The van der Waals surface area contributed by atoms with Crippen LogP contribution in [-0.2, 0) is 0 Å². The molecule has 0 heterocycles. The van der Waals surface area contributed by atoms with Gasteiger partial charge in [0.25, 0.3) is 0 Å². The van der Waals surface area contributed by atoms with Crippen molar-refractivity contribution in [1.82, 2.24) is 5.43 Å². The standard InChI is InChI=1S/C15H24F2N2/c1-3-4-5-6-7-8-13(19-18)14-12(16)10-9-11(2)15(14)17/h9-10,13,19H,3-8,18H2,1-2H3. The molecule has 3 N–H and O–H groups in total. The summed E-state index contributed by atoms with van der Waals surface area (Å²) < 4.78 is 27.8. The first-order chi connectivity index (χ1) is 9.11. The lowest BCUT2D eigenvalue weighted by Crippen LogP contribution is -2.29. The molecular formula is C15H24F2N2. The Balaban J connectivity index is 2.67. The first-order valence-corrected chi connectivity index (χ1v) is 7.02. The summed E-state index contributed by atoms with van der Waals surface area (Å²) in [6.45, 7) is 3.79. The normalized spacial score (nSPS) is 12.7. The van der Waals surface area contributed by atoms with Crippen molar-refractivity contribution in [2.75, 3.05) is 0 Å². The Kier molecular flexibility index (Phi) is 6.95. The molecule has 19 heavy (non-hydrogen) atoms. The topological polar surface area (TPSA) is 38.0 Å². The highest BCUT2D eigenvalue weighted by Crippen LogP contribution is 2.26. The summed E-state index contributed by atoms with van der Waals surface area (Å²) in [6.07, 6.45) is 6.18. The van der Waals surface area contributed by atoms with Gasteiger partial charge in [-0.25, -0.2) is 8.78 Å². The second-order valence-corrected chi connectivity index (χ2v) is 5.01. The van der Waals surface area contributed by atoms with Crippen LogP contribution < -0.4 is 11.3 Å². The van der Waals surface area contributed by atoms with Crippen LogP contribution in [0.4, 0.5) is 8.78 Å². The van der Waals surface area contributed by atoms with Crippen LogP contribution in [0.3, 0.4) is 0 Å². The van der Waals surface area contributed by atoms with Crippen molar-refractivity contribution in [1.29, 1.82) is 0 Å². The number of unbranched alkanes of at least 4 members (excludes halogenated alkanes) is 4. The Bertz CT molecular complexity index is 394. The molecule has 1 aromatic carbocycles. The Morgan fingerprint density at radius 1 is 1.16 bits per heavy atom. The fourth-order valence-corrected chi connectivity index (χ4v) is 2.26. The lowest BCUT2D eigenvalue weighted by molar-refractivity contribution is 0.434. The third-order valence-electron chi connectivity index (χ3n) is 3.47. The molecule has 0 aliphatic rings. The van der Waals surface area contributed by atoms with Crippen LogP contribution in [-0.4, -0.2) is 0 Å². The average molecular weight is 270 g/mol. The predicted octanol–water partition coefficient (Wildman–Crippen LogP) is 4.14. The van der Waals surface area contributed by atoms with E-state index >= 15 is 0 Å². The van der Waals surface area contributed by atoms with E-state index < -0.39 is 17.7 Å². The van der Waals surface area contributed by atoms with Crippen molar-refractivity contribution in [3.8, 4) is 0 Å². The fourth-order valence-electron chi connectivity index (χ4n) is 2.26. The van der Waals surface area contributed by atoms with Crippen LogP contribution in [0, 0.1) is 18.6 Å². The Morgan fingerprint density at radius 3 is 2.47 bits per heavy atom. The maximum atomic E-state index is 14.0. The molecule has 1 rings (SSSR count). The Morgan fingerprint density at radius 2 is 1.84 bits per heavy atom. The molecule has 1 atom stereocenters. The third kappa shape index (κ3) is 4.55. The van der Waals surface area contributed by atoms with E-state index in [-0.39, 0.29) is 5.56 Å². The highest BCUT2D eigenvalue weighted by Gasteiger charge is 2.20. The molecule has 0 aliphatic carbocycles. The summed E-state index contributed by atoms with van der Waals surface area (Å²) in [5, 5.41) is 0. The highest BCUT2D eigenvalue weighted by molar-refractivity contribution is 5.29. The van der Waals surface area contributed by atoms with E-state index in [2.05, 4.69) is 12.3 Å². The molecule has 1 aromatic rings. The molecule has 0 bridgehead atoms. The first kappa shape index (κ1) is 16.1. The molecule has 0 spiro atoms. The zero-order chi connectivity index (χ0) is 14.3. The maximum Gasteiger partial charge on any atom is 0.133 e. The predicted molar refractivity (Wildman–Crippen MR) is 74.5 cm³/mol. The van der Waals surface area contributed by atoms with Gasteiger partial charge in [0.1, 0.15) is 11.6 Å². The number of rotatable bonds is 8. The summed E-state index contributed by atoms with van der Waals surface area (Å²) in [7, 11) is 0. The monoisotopic (exact) mass is 270 g/mol. The number of nitrogens with one attached hydrogen (secondary N) is 1.